The van der Waals surface area contributed by atoms with E-state index < -0.39 is 0 Å². The van der Waals surface area contributed by atoms with Crippen molar-refractivity contribution in [2.75, 3.05) is 53.2 Å². The molecule has 2 aromatic rings. The molecular weight excluding hydrogens is 518 g/mol. The zero-order valence-corrected chi connectivity index (χ0v) is 25.1. The summed E-state index contributed by atoms with van der Waals surface area (Å²) in [4.78, 5) is 25.9. The Kier molecular flexibility index (Phi) is 15.3. The number of unbranched alkanes of at least 4 members (excludes halogenated alkanes) is 8. The molecule has 41 heavy (non-hydrogen) atoms. The number of hydrogen-bond acceptors (Lipinski definition) is 6. The molecule has 1 amide bonds. The van der Waals surface area contributed by atoms with E-state index in [2.05, 4.69) is 31.2 Å². The lowest BCUT2D eigenvalue weighted by molar-refractivity contribution is -0.145. The second-order valence-electron chi connectivity index (χ2n) is 10.7. The summed E-state index contributed by atoms with van der Waals surface area (Å²) in [5.74, 6) is -0.105. The molecule has 0 atom stereocenters. The quantitative estimate of drug-likeness (QED) is 0.116. The molecule has 0 N–H and O–H groups in total. The summed E-state index contributed by atoms with van der Waals surface area (Å²) in [6.07, 6.45) is 11.2. The summed E-state index contributed by atoms with van der Waals surface area (Å²) in [6, 6.07) is 16.6. The van der Waals surface area contributed by atoms with Crippen LogP contribution in [0.25, 0.3) is 11.1 Å². The first-order valence-corrected chi connectivity index (χ1v) is 15.5. The second kappa shape index (κ2) is 19.3. The highest BCUT2D eigenvalue weighted by molar-refractivity contribution is 5.79. The van der Waals surface area contributed by atoms with Crippen LogP contribution in [0.1, 0.15) is 88.2 Å². The number of carbonyl (C=O) groups is 2. The lowest BCUT2D eigenvalue weighted by atomic mass is 9.98. The van der Waals surface area contributed by atoms with E-state index in [4.69, 9.17) is 18.9 Å². The van der Waals surface area contributed by atoms with Crippen LogP contribution in [-0.2, 0) is 23.7 Å². The maximum atomic E-state index is 12.6. The third-order valence-corrected chi connectivity index (χ3v) is 7.57. The number of amides is 1. The number of nitrogens with zero attached hydrogens (tertiary/aromatic N) is 1. The standard InChI is InChI=1S/C34H49NO6/c1-3-4-5-6-7-8-9-10-11-20-33(36)40-26-25-39-24-23-38-22-21-35(2)34(37)41-27-32-30-18-14-12-16-28(30)29-17-13-15-19-31(29)32/h12-19,32H,3-11,20-27H2,1-2H3. The van der Waals surface area contributed by atoms with Crippen molar-refractivity contribution in [2.24, 2.45) is 0 Å². The van der Waals surface area contributed by atoms with Gasteiger partial charge in [0.1, 0.15) is 13.2 Å². The topological polar surface area (TPSA) is 74.3 Å². The summed E-state index contributed by atoms with van der Waals surface area (Å²) in [5.41, 5.74) is 4.81. The molecule has 0 aliphatic heterocycles. The highest BCUT2D eigenvalue weighted by atomic mass is 16.6. The van der Waals surface area contributed by atoms with Crippen molar-refractivity contribution in [3.63, 3.8) is 0 Å². The van der Waals surface area contributed by atoms with Crippen molar-refractivity contribution in [3.05, 3.63) is 59.7 Å². The normalized spacial score (nSPS) is 12.1. The molecule has 3 rings (SSSR count). The summed E-state index contributed by atoms with van der Waals surface area (Å²) in [6.45, 7) is 4.78. The van der Waals surface area contributed by atoms with Gasteiger partial charge in [-0.15, -0.1) is 0 Å². The van der Waals surface area contributed by atoms with Gasteiger partial charge in [0, 0.05) is 25.9 Å². The molecule has 0 radical (unpaired) electrons. The number of ether oxygens (including phenoxy) is 4. The number of esters is 1. The van der Waals surface area contributed by atoms with Crippen LogP contribution in [0.4, 0.5) is 4.79 Å². The third kappa shape index (κ3) is 11.5. The van der Waals surface area contributed by atoms with E-state index in [0.29, 0.717) is 46.0 Å². The molecule has 1 aliphatic rings. The van der Waals surface area contributed by atoms with E-state index >= 15 is 0 Å². The zero-order valence-electron chi connectivity index (χ0n) is 25.1. The van der Waals surface area contributed by atoms with E-state index in [1.165, 1.54) is 72.1 Å². The number of hydrogen-bond donors (Lipinski definition) is 0. The second-order valence-corrected chi connectivity index (χ2v) is 10.7. The van der Waals surface area contributed by atoms with Gasteiger partial charge < -0.3 is 23.8 Å². The molecule has 0 saturated carbocycles. The summed E-state index contributed by atoms with van der Waals surface area (Å²) < 4.78 is 22.0. The first kappa shape index (κ1) is 32.6. The predicted octanol–water partition coefficient (Wildman–Crippen LogP) is 7.36. The van der Waals surface area contributed by atoms with Gasteiger partial charge >= 0.3 is 12.1 Å². The molecule has 0 saturated heterocycles. The van der Waals surface area contributed by atoms with Gasteiger partial charge in [-0.05, 0) is 28.7 Å². The van der Waals surface area contributed by atoms with Gasteiger partial charge in [-0.3, -0.25) is 4.79 Å². The largest absolute Gasteiger partial charge is 0.463 e. The minimum atomic E-state index is -0.365. The number of fused-ring (bicyclic) bond motifs is 3. The first-order valence-electron chi connectivity index (χ1n) is 15.5. The van der Waals surface area contributed by atoms with Crippen LogP contribution in [0, 0.1) is 0 Å². The Labute approximate surface area is 246 Å². The van der Waals surface area contributed by atoms with E-state index in [1.807, 2.05) is 24.3 Å². The fourth-order valence-electron chi connectivity index (χ4n) is 5.19. The Bertz CT molecular complexity index is 996. The number of likely N-dealkylation sites (N-methyl/N-ethyl adjacent to an activating group) is 1. The monoisotopic (exact) mass is 567 g/mol. The van der Waals surface area contributed by atoms with Gasteiger partial charge in [0.25, 0.3) is 0 Å². The molecule has 2 aromatic carbocycles. The first-order chi connectivity index (χ1) is 20.1. The minimum absolute atomic E-state index is 0.0438. The van der Waals surface area contributed by atoms with E-state index in [9.17, 15) is 9.59 Å². The Morgan fingerprint density at radius 3 is 1.85 bits per heavy atom. The van der Waals surface area contributed by atoms with E-state index in [-0.39, 0.29) is 24.6 Å². The Hall–Kier alpha value is -2.90. The SMILES string of the molecule is CCCCCCCCCCCC(=O)OCCOCCOCCN(C)C(=O)OCC1c2ccccc2-c2ccccc21. The summed E-state index contributed by atoms with van der Waals surface area (Å²) >= 11 is 0. The van der Waals surface area contributed by atoms with Crippen molar-refractivity contribution in [1.29, 1.82) is 0 Å². The van der Waals surface area contributed by atoms with Crippen LogP contribution in [0.5, 0.6) is 0 Å². The minimum Gasteiger partial charge on any atom is -0.463 e. The molecule has 0 heterocycles. The van der Waals surface area contributed by atoms with Crippen molar-refractivity contribution in [3.8, 4) is 11.1 Å². The van der Waals surface area contributed by atoms with Crippen molar-refractivity contribution < 1.29 is 28.5 Å². The Balaban J connectivity index is 1.15. The molecule has 0 unspecified atom stereocenters. The van der Waals surface area contributed by atoms with Gasteiger partial charge in [0.2, 0.25) is 0 Å². The van der Waals surface area contributed by atoms with Gasteiger partial charge in [-0.2, -0.15) is 0 Å². The highest BCUT2D eigenvalue weighted by Crippen LogP contribution is 2.44. The average molecular weight is 568 g/mol. The fraction of sp³-hybridized carbons (Fsp3) is 0.588. The third-order valence-electron chi connectivity index (χ3n) is 7.57. The van der Waals surface area contributed by atoms with Gasteiger partial charge in [-0.25, -0.2) is 4.79 Å². The molecule has 7 nitrogen and oxygen atoms in total. The molecule has 1 aliphatic carbocycles. The maximum absolute atomic E-state index is 12.6. The molecular formula is C34H49NO6. The molecule has 0 fully saturated rings. The van der Waals surface area contributed by atoms with Crippen molar-refractivity contribution >= 4 is 12.1 Å². The fourth-order valence-corrected chi connectivity index (χ4v) is 5.19. The number of benzene rings is 2. The Morgan fingerprint density at radius 2 is 1.22 bits per heavy atom. The average Bonchev–Trinajstić information content (AvgIpc) is 3.31. The highest BCUT2D eigenvalue weighted by Gasteiger charge is 2.29. The molecule has 7 heteroatoms. The van der Waals surface area contributed by atoms with Crippen LogP contribution in [0.15, 0.2) is 48.5 Å². The van der Waals surface area contributed by atoms with Crippen molar-refractivity contribution in [1.82, 2.24) is 4.90 Å². The van der Waals surface area contributed by atoms with Gasteiger partial charge in [0.05, 0.1) is 26.4 Å². The predicted molar refractivity (Wildman–Crippen MR) is 162 cm³/mol. The van der Waals surface area contributed by atoms with Crippen molar-refractivity contribution in [2.45, 2.75) is 77.0 Å². The molecule has 0 spiro atoms. The number of rotatable bonds is 21. The van der Waals surface area contributed by atoms with Gasteiger partial charge in [0.15, 0.2) is 0 Å². The molecule has 0 aromatic heterocycles. The smallest absolute Gasteiger partial charge is 0.409 e. The lowest BCUT2D eigenvalue weighted by Gasteiger charge is -2.19. The zero-order chi connectivity index (χ0) is 29.1. The van der Waals surface area contributed by atoms with Crippen LogP contribution in [-0.4, -0.2) is 70.2 Å². The van der Waals surface area contributed by atoms with Crippen LogP contribution in [0.2, 0.25) is 0 Å². The lowest BCUT2D eigenvalue weighted by Crippen LogP contribution is -2.32. The molecule has 226 valence electrons. The Morgan fingerprint density at radius 1 is 0.683 bits per heavy atom. The molecule has 0 bridgehead atoms. The number of carbonyl (C=O) groups excluding carboxylic acids is 2. The summed E-state index contributed by atoms with van der Waals surface area (Å²) in [5, 5.41) is 0. The maximum Gasteiger partial charge on any atom is 0.409 e. The van der Waals surface area contributed by atoms with E-state index in [1.54, 1.807) is 7.05 Å². The summed E-state index contributed by atoms with van der Waals surface area (Å²) in [7, 11) is 1.71. The van der Waals surface area contributed by atoms with Crippen LogP contribution < -0.4 is 0 Å². The van der Waals surface area contributed by atoms with Crippen LogP contribution in [0.3, 0.4) is 0 Å². The van der Waals surface area contributed by atoms with Gasteiger partial charge in [-0.1, -0.05) is 107 Å². The van der Waals surface area contributed by atoms with E-state index in [0.717, 1.165) is 12.8 Å². The van der Waals surface area contributed by atoms with Crippen LogP contribution >= 0.6 is 0 Å².